The number of rotatable bonds is 3. The Hall–Kier alpha value is -0.780. The van der Waals surface area contributed by atoms with Gasteiger partial charge in [0.1, 0.15) is 5.75 Å². The van der Waals surface area contributed by atoms with Gasteiger partial charge in [-0.2, -0.15) is 8.78 Å². The molecule has 0 heterocycles. The van der Waals surface area contributed by atoms with Crippen molar-refractivity contribution >= 4 is 15.9 Å². The van der Waals surface area contributed by atoms with Crippen LogP contribution in [0.25, 0.3) is 0 Å². The third-order valence-corrected chi connectivity index (χ3v) is 1.92. The second-order valence-electron chi connectivity index (χ2n) is 2.36. The number of hydrogen-bond donors (Lipinski definition) is 0. The van der Waals surface area contributed by atoms with Crippen molar-refractivity contribution in [1.29, 1.82) is 0 Å². The largest absolute Gasteiger partial charge is 0.434 e. The molecule has 1 rings (SSSR count). The Morgan fingerprint density at radius 3 is 2.29 bits per heavy atom. The molecule has 0 fully saturated rings. The summed E-state index contributed by atoms with van der Waals surface area (Å²) in [6, 6.07) is 3.46. The maximum atomic E-state index is 12.3. The summed E-state index contributed by atoms with van der Waals surface area (Å²) in [6.07, 6.45) is -2.85. The fourth-order valence-electron chi connectivity index (χ4n) is 0.893. The van der Waals surface area contributed by atoms with Crippen LogP contribution in [0, 0.1) is 0 Å². The van der Waals surface area contributed by atoms with Gasteiger partial charge in [0.2, 0.25) is 0 Å². The van der Waals surface area contributed by atoms with Crippen molar-refractivity contribution in [2.24, 2.45) is 0 Å². The molecular formula is C8H5BrF4O. The molecule has 0 unspecified atom stereocenters. The second-order valence-corrected chi connectivity index (χ2v) is 3.28. The van der Waals surface area contributed by atoms with Crippen LogP contribution in [-0.4, -0.2) is 6.61 Å². The first-order valence-corrected chi connectivity index (χ1v) is 4.32. The van der Waals surface area contributed by atoms with Crippen molar-refractivity contribution in [3.63, 3.8) is 0 Å². The van der Waals surface area contributed by atoms with Crippen LogP contribution in [0.1, 0.15) is 12.0 Å². The maximum absolute atomic E-state index is 12.3. The zero-order valence-corrected chi connectivity index (χ0v) is 8.27. The molecule has 6 heteroatoms. The smallest absolute Gasteiger partial charge is 0.387 e. The molecule has 0 spiro atoms. The summed E-state index contributed by atoms with van der Waals surface area (Å²) in [7, 11) is 0. The Morgan fingerprint density at radius 2 is 1.79 bits per heavy atom. The maximum Gasteiger partial charge on any atom is 0.387 e. The Kier molecular flexibility index (Phi) is 3.74. The molecule has 0 aromatic heterocycles. The van der Waals surface area contributed by atoms with E-state index in [1.54, 1.807) is 0 Å². The lowest BCUT2D eigenvalue weighted by molar-refractivity contribution is -0.0519. The molecule has 1 nitrogen and oxygen atoms in total. The van der Waals surface area contributed by atoms with Gasteiger partial charge in [-0.25, -0.2) is 8.78 Å². The molecule has 0 bridgehead atoms. The van der Waals surface area contributed by atoms with E-state index in [2.05, 4.69) is 20.7 Å². The van der Waals surface area contributed by atoms with Crippen LogP contribution in [0.5, 0.6) is 5.75 Å². The van der Waals surface area contributed by atoms with Gasteiger partial charge >= 0.3 is 6.61 Å². The van der Waals surface area contributed by atoms with Crippen molar-refractivity contribution in [2.45, 2.75) is 13.0 Å². The van der Waals surface area contributed by atoms with Gasteiger partial charge in [0, 0.05) is 4.47 Å². The predicted molar refractivity (Wildman–Crippen MR) is 45.7 cm³/mol. The van der Waals surface area contributed by atoms with E-state index in [4.69, 9.17) is 0 Å². The number of halogens is 5. The van der Waals surface area contributed by atoms with Crippen LogP contribution in [-0.2, 0) is 0 Å². The minimum atomic E-state index is -3.10. The molecule has 0 aliphatic rings. The van der Waals surface area contributed by atoms with Gasteiger partial charge in [-0.1, -0.05) is 15.9 Å². The standard InChI is InChI=1S/C8H5BrF4O/c9-4-1-2-6(14-8(12)13)5(3-4)7(10)11/h1-3,7-8H. The molecule has 0 saturated carbocycles. The van der Waals surface area contributed by atoms with E-state index in [0.29, 0.717) is 4.47 Å². The van der Waals surface area contributed by atoms with Crippen LogP contribution >= 0.6 is 15.9 Å². The van der Waals surface area contributed by atoms with Crippen LogP contribution < -0.4 is 4.74 Å². The number of alkyl halides is 4. The Bertz CT molecular complexity index is 316. The minimum absolute atomic E-state index is 0.384. The third-order valence-electron chi connectivity index (χ3n) is 1.42. The molecule has 0 aliphatic heterocycles. The second kappa shape index (κ2) is 4.63. The molecule has 0 saturated heterocycles. The molecule has 0 amide bonds. The van der Waals surface area contributed by atoms with Crippen LogP contribution in [0.3, 0.4) is 0 Å². The van der Waals surface area contributed by atoms with Crippen LogP contribution in [0.4, 0.5) is 17.6 Å². The van der Waals surface area contributed by atoms with E-state index in [9.17, 15) is 17.6 Å². The molecule has 78 valence electrons. The highest BCUT2D eigenvalue weighted by molar-refractivity contribution is 9.10. The normalized spacial score (nSPS) is 11.1. The highest BCUT2D eigenvalue weighted by atomic mass is 79.9. The lowest BCUT2D eigenvalue weighted by atomic mass is 10.2. The SMILES string of the molecule is FC(F)Oc1ccc(Br)cc1C(F)F. The molecule has 0 aliphatic carbocycles. The van der Waals surface area contributed by atoms with Gasteiger partial charge in [-0.05, 0) is 18.2 Å². The first kappa shape index (κ1) is 11.3. The number of benzene rings is 1. The van der Waals surface area contributed by atoms with Gasteiger partial charge in [-0.3, -0.25) is 0 Å². The van der Waals surface area contributed by atoms with Gasteiger partial charge in [0.25, 0.3) is 6.43 Å². The fourth-order valence-corrected chi connectivity index (χ4v) is 1.27. The molecule has 1 aromatic rings. The predicted octanol–water partition coefficient (Wildman–Crippen LogP) is 3.99. The summed E-state index contributed by atoms with van der Waals surface area (Å²) in [6.45, 7) is -3.10. The summed E-state index contributed by atoms with van der Waals surface area (Å²) < 4.78 is 52.5. The van der Waals surface area contributed by atoms with E-state index >= 15 is 0 Å². The summed E-state index contributed by atoms with van der Waals surface area (Å²) in [5.41, 5.74) is -0.556. The monoisotopic (exact) mass is 272 g/mol. The van der Waals surface area contributed by atoms with E-state index in [1.165, 1.54) is 6.07 Å². The lowest BCUT2D eigenvalue weighted by Gasteiger charge is -2.09. The summed E-state index contributed by atoms with van der Waals surface area (Å²) in [5, 5.41) is 0. The first-order valence-electron chi connectivity index (χ1n) is 3.53. The van der Waals surface area contributed by atoms with Crippen molar-refractivity contribution in [1.82, 2.24) is 0 Å². The highest BCUT2D eigenvalue weighted by Gasteiger charge is 2.17. The van der Waals surface area contributed by atoms with Crippen molar-refractivity contribution < 1.29 is 22.3 Å². The van der Waals surface area contributed by atoms with E-state index < -0.39 is 24.3 Å². The molecule has 14 heavy (non-hydrogen) atoms. The molecule has 1 aromatic carbocycles. The van der Waals surface area contributed by atoms with Crippen LogP contribution in [0.15, 0.2) is 22.7 Å². The lowest BCUT2D eigenvalue weighted by Crippen LogP contribution is -2.04. The molecule has 0 radical (unpaired) electrons. The van der Waals surface area contributed by atoms with Gasteiger partial charge in [-0.15, -0.1) is 0 Å². The Morgan fingerprint density at radius 1 is 1.14 bits per heavy atom. The number of ether oxygens (including phenoxy) is 1. The van der Waals surface area contributed by atoms with Gasteiger partial charge < -0.3 is 4.74 Å². The minimum Gasteiger partial charge on any atom is -0.434 e. The molecular weight excluding hydrogens is 268 g/mol. The first-order chi connectivity index (χ1) is 6.50. The van der Waals surface area contributed by atoms with Gasteiger partial charge in [0.05, 0.1) is 5.56 Å². The van der Waals surface area contributed by atoms with Crippen LogP contribution in [0.2, 0.25) is 0 Å². The van der Waals surface area contributed by atoms with Crippen molar-refractivity contribution in [3.05, 3.63) is 28.2 Å². The third kappa shape index (κ3) is 2.87. The topological polar surface area (TPSA) is 9.23 Å². The number of hydrogen-bond acceptors (Lipinski definition) is 1. The Balaban J connectivity index is 3.02. The Labute approximate surface area is 85.8 Å². The molecule has 0 atom stereocenters. The van der Waals surface area contributed by atoms with Gasteiger partial charge in [0.15, 0.2) is 0 Å². The van der Waals surface area contributed by atoms with Crippen molar-refractivity contribution in [2.75, 3.05) is 0 Å². The highest BCUT2D eigenvalue weighted by Crippen LogP contribution is 2.32. The van der Waals surface area contributed by atoms with E-state index in [1.807, 2.05) is 0 Å². The fraction of sp³-hybridized carbons (Fsp3) is 0.250. The average molecular weight is 273 g/mol. The van der Waals surface area contributed by atoms with E-state index in [-0.39, 0.29) is 0 Å². The molecule has 0 N–H and O–H groups in total. The zero-order valence-electron chi connectivity index (χ0n) is 6.68. The quantitative estimate of drug-likeness (QED) is 0.756. The summed E-state index contributed by atoms with van der Waals surface area (Å²) >= 11 is 2.95. The average Bonchev–Trinajstić information content (AvgIpc) is 2.07. The van der Waals surface area contributed by atoms with E-state index in [0.717, 1.165) is 12.1 Å². The summed E-state index contributed by atoms with van der Waals surface area (Å²) in [4.78, 5) is 0. The summed E-state index contributed by atoms with van der Waals surface area (Å²) in [5.74, 6) is -0.502. The zero-order chi connectivity index (χ0) is 10.7. The van der Waals surface area contributed by atoms with Crippen molar-refractivity contribution in [3.8, 4) is 5.75 Å².